The summed E-state index contributed by atoms with van der Waals surface area (Å²) in [5.41, 5.74) is 0.379. The smallest absolute Gasteiger partial charge is 0.381 e. The number of ether oxygens (including phenoxy) is 1. The minimum Gasteiger partial charge on any atom is -0.381 e. The minimum atomic E-state index is -4.37. The summed E-state index contributed by atoms with van der Waals surface area (Å²) < 4.78 is 43.2. The van der Waals surface area contributed by atoms with Crippen molar-refractivity contribution >= 4 is 17.5 Å². The van der Waals surface area contributed by atoms with Crippen molar-refractivity contribution in [2.24, 2.45) is 5.92 Å². The van der Waals surface area contributed by atoms with Crippen LogP contribution in [0.5, 0.6) is 0 Å². The van der Waals surface area contributed by atoms with Gasteiger partial charge in [0.05, 0.1) is 25.0 Å². The van der Waals surface area contributed by atoms with Crippen LogP contribution in [0.3, 0.4) is 0 Å². The van der Waals surface area contributed by atoms with Crippen LogP contribution in [0.25, 0.3) is 0 Å². The van der Waals surface area contributed by atoms with E-state index >= 15 is 0 Å². The zero-order valence-electron chi connectivity index (χ0n) is 11.1. The fraction of sp³-hybridized carbons (Fsp3) is 0.500. The number of hydrogen-bond donors (Lipinski definition) is 1. The lowest BCUT2D eigenvalue weighted by Gasteiger charge is -2.22. The van der Waals surface area contributed by atoms with E-state index in [9.17, 15) is 18.0 Å². The van der Waals surface area contributed by atoms with Crippen LogP contribution in [0.15, 0.2) is 24.3 Å². The first kappa shape index (κ1) is 16.1. The minimum absolute atomic E-state index is 0.255. The molecule has 7 heteroatoms. The van der Waals surface area contributed by atoms with E-state index in [-0.39, 0.29) is 12.5 Å². The number of rotatable bonds is 4. The molecule has 1 aromatic carbocycles. The molecule has 1 aliphatic heterocycles. The summed E-state index contributed by atoms with van der Waals surface area (Å²) in [7, 11) is 0. The number of benzene rings is 1. The molecule has 116 valence electrons. The molecule has 0 aromatic heterocycles. The fourth-order valence-corrected chi connectivity index (χ4v) is 2.34. The number of nitrogens with one attached hydrogen (secondary N) is 1. The highest BCUT2D eigenvalue weighted by Gasteiger charge is 2.35. The average molecular weight is 322 g/mol. The van der Waals surface area contributed by atoms with Gasteiger partial charge in [-0.3, -0.25) is 4.79 Å². The molecule has 0 bridgehead atoms. The summed E-state index contributed by atoms with van der Waals surface area (Å²) in [4.78, 5) is 12.0. The normalized spacial score (nSPS) is 20.3. The number of amides is 1. The van der Waals surface area contributed by atoms with Gasteiger partial charge in [0.15, 0.2) is 0 Å². The summed E-state index contributed by atoms with van der Waals surface area (Å²) in [5.74, 6) is -0.787. The Morgan fingerprint density at radius 1 is 1.38 bits per heavy atom. The topological polar surface area (TPSA) is 38.3 Å². The van der Waals surface area contributed by atoms with Crippen LogP contribution < -0.4 is 5.32 Å². The molecular weight excluding hydrogens is 307 g/mol. The molecule has 0 saturated carbocycles. The highest BCUT2D eigenvalue weighted by atomic mass is 35.5. The molecule has 1 fully saturated rings. The van der Waals surface area contributed by atoms with E-state index in [0.29, 0.717) is 23.6 Å². The first-order chi connectivity index (χ1) is 9.85. The SMILES string of the molecule is O=C(N[C@@H](CC(F)(F)F)c1ccc(Cl)cc1)[C@H]1CCOC1. The second-order valence-electron chi connectivity index (χ2n) is 4.99. The van der Waals surface area contributed by atoms with Crippen LogP contribution in [0.4, 0.5) is 13.2 Å². The van der Waals surface area contributed by atoms with Crippen molar-refractivity contribution in [1.29, 1.82) is 0 Å². The van der Waals surface area contributed by atoms with Crippen LogP contribution in [0, 0.1) is 5.92 Å². The molecule has 1 aliphatic rings. The van der Waals surface area contributed by atoms with E-state index in [1.807, 2.05) is 0 Å². The Balaban J connectivity index is 2.11. The zero-order valence-corrected chi connectivity index (χ0v) is 11.9. The molecule has 0 radical (unpaired) electrons. The molecule has 0 spiro atoms. The molecule has 1 heterocycles. The number of carbonyl (C=O) groups excluding carboxylic acids is 1. The van der Waals surface area contributed by atoms with Crippen molar-refractivity contribution in [3.05, 3.63) is 34.9 Å². The first-order valence-electron chi connectivity index (χ1n) is 6.55. The zero-order chi connectivity index (χ0) is 15.5. The Morgan fingerprint density at radius 3 is 2.57 bits per heavy atom. The van der Waals surface area contributed by atoms with Crippen molar-refractivity contribution < 1.29 is 22.7 Å². The van der Waals surface area contributed by atoms with E-state index in [1.165, 1.54) is 24.3 Å². The van der Waals surface area contributed by atoms with Gasteiger partial charge in [-0.05, 0) is 24.1 Å². The van der Waals surface area contributed by atoms with Gasteiger partial charge < -0.3 is 10.1 Å². The molecule has 2 atom stereocenters. The predicted octanol–water partition coefficient (Wildman–Crippen LogP) is 3.49. The quantitative estimate of drug-likeness (QED) is 0.922. The molecule has 3 nitrogen and oxygen atoms in total. The van der Waals surface area contributed by atoms with Crippen molar-refractivity contribution in [3.8, 4) is 0 Å². The van der Waals surface area contributed by atoms with Gasteiger partial charge in [-0.25, -0.2) is 0 Å². The van der Waals surface area contributed by atoms with Crippen molar-refractivity contribution in [2.75, 3.05) is 13.2 Å². The molecule has 21 heavy (non-hydrogen) atoms. The summed E-state index contributed by atoms with van der Waals surface area (Å²) >= 11 is 5.73. The molecular formula is C14H15ClF3NO2. The standard InChI is InChI=1S/C14H15ClF3NO2/c15-11-3-1-9(2-4-11)12(7-14(16,17)18)19-13(20)10-5-6-21-8-10/h1-4,10,12H,5-8H2,(H,19,20)/t10-,12-/m0/s1. The molecule has 1 saturated heterocycles. The molecule has 2 rings (SSSR count). The number of alkyl halides is 3. The lowest BCUT2D eigenvalue weighted by Crippen LogP contribution is -2.36. The van der Waals surface area contributed by atoms with Crippen molar-refractivity contribution in [2.45, 2.75) is 25.1 Å². The lowest BCUT2D eigenvalue weighted by molar-refractivity contribution is -0.143. The van der Waals surface area contributed by atoms with Gasteiger partial charge in [-0.2, -0.15) is 13.2 Å². The summed E-state index contributed by atoms with van der Waals surface area (Å²) in [6.45, 7) is 0.716. The maximum Gasteiger partial charge on any atom is 0.391 e. The maximum atomic E-state index is 12.7. The number of halogens is 4. The van der Waals surface area contributed by atoms with E-state index < -0.39 is 24.5 Å². The lowest BCUT2D eigenvalue weighted by atomic mass is 10.0. The van der Waals surface area contributed by atoms with Crippen molar-refractivity contribution in [3.63, 3.8) is 0 Å². The predicted molar refractivity (Wildman–Crippen MR) is 71.9 cm³/mol. The third-order valence-corrected chi connectivity index (χ3v) is 3.58. The monoisotopic (exact) mass is 321 g/mol. The third kappa shape index (κ3) is 4.89. The third-order valence-electron chi connectivity index (χ3n) is 3.32. The van der Waals surface area contributed by atoms with Crippen molar-refractivity contribution in [1.82, 2.24) is 5.32 Å². The summed E-state index contributed by atoms with van der Waals surface area (Å²) in [5, 5.41) is 2.90. The molecule has 1 N–H and O–H groups in total. The van der Waals surface area contributed by atoms with Crippen LogP contribution in [0.2, 0.25) is 5.02 Å². The Bertz CT molecular complexity index is 484. The van der Waals surface area contributed by atoms with Gasteiger partial charge in [0.1, 0.15) is 0 Å². The van der Waals surface area contributed by atoms with Gasteiger partial charge >= 0.3 is 6.18 Å². The maximum absolute atomic E-state index is 12.7. The van der Waals surface area contributed by atoms with Crippen LogP contribution in [-0.2, 0) is 9.53 Å². The molecule has 1 aromatic rings. The largest absolute Gasteiger partial charge is 0.391 e. The average Bonchev–Trinajstić information content (AvgIpc) is 2.91. The second-order valence-corrected chi connectivity index (χ2v) is 5.43. The Morgan fingerprint density at radius 2 is 2.05 bits per heavy atom. The molecule has 0 unspecified atom stereocenters. The highest BCUT2D eigenvalue weighted by Crippen LogP contribution is 2.30. The Kier molecular flexibility index (Phi) is 5.11. The van der Waals surface area contributed by atoms with Crippen LogP contribution >= 0.6 is 11.6 Å². The molecule has 1 amide bonds. The highest BCUT2D eigenvalue weighted by molar-refractivity contribution is 6.30. The van der Waals surface area contributed by atoms with E-state index in [1.54, 1.807) is 0 Å². The van der Waals surface area contributed by atoms with Crippen LogP contribution in [0.1, 0.15) is 24.4 Å². The van der Waals surface area contributed by atoms with E-state index in [4.69, 9.17) is 16.3 Å². The van der Waals surface area contributed by atoms with E-state index in [0.717, 1.165) is 0 Å². The Hall–Kier alpha value is -1.27. The first-order valence-corrected chi connectivity index (χ1v) is 6.93. The van der Waals surface area contributed by atoms with Gasteiger partial charge in [0, 0.05) is 11.6 Å². The summed E-state index contributed by atoms with van der Waals surface area (Å²) in [6, 6.07) is 4.88. The van der Waals surface area contributed by atoms with Gasteiger partial charge in [-0.1, -0.05) is 23.7 Å². The van der Waals surface area contributed by atoms with E-state index in [2.05, 4.69) is 5.32 Å². The van der Waals surface area contributed by atoms with Crippen LogP contribution in [-0.4, -0.2) is 25.3 Å². The Labute approximate surface area is 125 Å². The number of hydrogen-bond acceptors (Lipinski definition) is 2. The summed E-state index contributed by atoms with van der Waals surface area (Å²) in [6.07, 6.45) is -4.96. The number of carbonyl (C=O) groups is 1. The second kappa shape index (κ2) is 6.66. The van der Waals surface area contributed by atoms with Gasteiger partial charge in [-0.15, -0.1) is 0 Å². The molecule has 0 aliphatic carbocycles. The van der Waals surface area contributed by atoms with Gasteiger partial charge in [0.25, 0.3) is 0 Å². The van der Waals surface area contributed by atoms with Gasteiger partial charge in [0.2, 0.25) is 5.91 Å². The fourth-order valence-electron chi connectivity index (χ4n) is 2.21.